The highest BCUT2D eigenvalue weighted by molar-refractivity contribution is 5.87. The fraction of sp³-hybridized carbons (Fsp3) is 0.827. The molecule has 0 amide bonds. The van der Waals surface area contributed by atoms with Gasteiger partial charge in [0.2, 0.25) is 12.0 Å². The van der Waals surface area contributed by atoms with Crippen LogP contribution >= 0.6 is 0 Å². The number of carboxylic acids is 1. The van der Waals surface area contributed by atoms with Gasteiger partial charge in [0, 0.05) is 11.5 Å². The topological polar surface area (TPSA) is 543 Å². The number of rotatable bonds is 22. The minimum Gasteiger partial charge on any atom is -0.493 e. The Balaban J connectivity index is 0.857. The molecule has 0 bridgehead atoms. The van der Waals surface area contributed by atoms with Crippen LogP contribution in [0.2, 0.25) is 0 Å². The van der Waals surface area contributed by atoms with E-state index in [2.05, 4.69) is 20.8 Å². The maximum Gasteiger partial charge on any atom is 0.331 e. The van der Waals surface area contributed by atoms with E-state index in [0.29, 0.717) is 31.2 Å². The molecule has 6 saturated heterocycles. The SMILES string of the molecule is COc1cc(/C=C/C(=O)O[C@@H]2[C@@H](O)[C@@H](O[C@@H]3O[C@H](C)[C@H](O[C@@H]4OC[C@@H](O)[C@@H](O[C@@H]5OC[C@@H](O)[C@@H](O)[C@H]5O)[C@H]4O)[C@@H](O[C@@H]4OCC(O)(CO)[C@H]4O)[C@H]3O)[C@H](OC(=O)C34CCC(C)(C)CC3C3=CCC5C6(C)CC(O)C(O[C@@H]7O[C@H](CO)[C@@H](O)[C@@H](O)[C@H]7O)[C@](C)(C(=O)O)C6CCC5(C)C3(CO)CC4)O[C@@H]2C)cc(OC)c1OC. The van der Waals surface area contributed by atoms with Crippen LogP contribution in [0, 0.1) is 50.2 Å². The number of carbonyl (C=O) groups is 3. The van der Waals surface area contributed by atoms with Crippen LogP contribution in [0.5, 0.6) is 17.2 Å². The normalized spacial score (nSPS) is 48.4. The van der Waals surface area contributed by atoms with Crippen molar-refractivity contribution in [1.82, 2.24) is 0 Å². The molecular weight excluding hydrogens is 1480 g/mol. The van der Waals surface area contributed by atoms with Crippen molar-refractivity contribution < 1.29 is 177 Å². The molecule has 11 aliphatic rings. The van der Waals surface area contributed by atoms with Crippen molar-refractivity contribution in [3.63, 3.8) is 0 Å². The number of esters is 2. The number of fused-ring (bicyclic) bond motifs is 7. The number of hydrogen-bond acceptors (Lipinski definition) is 35. The predicted molar refractivity (Wildman–Crippen MR) is 371 cm³/mol. The summed E-state index contributed by atoms with van der Waals surface area (Å²) in [4.78, 5) is 44.3. The fourth-order valence-corrected chi connectivity index (χ4v) is 20.5. The summed E-state index contributed by atoms with van der Waals surface area (Å²) in [6.07, 6.45) is -41.1. The second-order valence-electron chi connectivity index (χ2n) is 33.7. The third kappa shape index (κ3) is 15.0. The van der Waals surface area contributed by atoms with Crippen molar-refractivity contribution in [1.29, 1.82) is 0 Å². The van der Waals surface area contributed by atoms with Gasteiger partial charge in [0.25, 0.3) is 0 Å². The minimum absolute atomic E-state index is 0.0230. The van der Waals surface area contributed by atoms with E-state index < -0.39 is 279 Å². The summed E-state index contributed by atoms with van der Waals surface area (Å²) in [5, 5.41) is 191. The van der Waals surface area contributed by atoms with Gasteiger partial charge in [-0.15, -0.1) is 0 Å². The fourth-order valence-electron chi connectivity index (χ4n) is 20.5. The zero-order valence-corrected chi connectivity index (χ0v) is 63.7. The lowest BCUT2D eigenvalue weighted by Gasteiger charge is -2.71. The first kappa shape index (κ1) is 85.8. The summed E-state index contributed by atoms with van der Waals surface area (Å²) < 4.78 is 95.6. The Hall–Kier alpha value is -4.57. The predicted octanol–water partition coefficient (Wildman–Crippen LogP) is -3.11. The van der Waals surface area contributed by atoms with Crippen molar-refractivity contribution in [3.8, 4) is 17.2 Å². The van der Waals surface area contributed by atoms with Gasteiger partial charge in [-0.2, -0.15) is 0 Å². The molecule has 1 aromatic rings. The number of hydrogen-bond donors (Lipinski definition) is 17. The van der Waals surface area contributed by atoms with Gasteiger partial charge in [-0.1, -0.05) is 39.3 Å². The lowest BCUT2D eigenvalue weighted by Crippen LogP contribution is -2.71. The van der Waals surface area contributed by atoms with Gasteiger partial charge in [-0.25, -0.2) is 4.79 Å². The number of allylic oxidation sites excluding steroid dienone is 1. The van der Waals surface area contributed by atoms with Gasteiger partial charge in [0.15, 0.2) is 55.2 Å². The van der Waals surface area contributed by atoms with Crippen LogP contribution in [0.15, 0.2) is 29.9 Å². The molecule has 0 spiro atoms. The molecule has 36 heteroatoms. The van der Waals surface area contributed by atoms with Gasteiger partial charge in [0.1, 0.15) is 103 Å². The molecule has 36 atom stereocenters. The van der Waals surface area contributed by atoms with Crippen LogP contribution < -0.4 is 14.2 Å². The van der Waals surface area contributed by atoms with Crippen LogP contribution in [0.25, 0.3) is 6.08 Å². The molecule has 36 nitrogen and oxygen atoms in total. The Labute approximate surface area is 640 Å². The lowest BCUT2D eigenvalue weighted by molar-refractivity contribution is -0.388. The van der Waals surface area contributed by atoms with Gasteiger partial charge >= 0.3 is 17.9 Å². The number of carboxylic acid groups (broad SMARTS) is 1. The number of carbonyl (C=O) groups excluding carboxylic acids is 2. The van der Waals surface area contributed by atoms with Gasteiger partial charge in [-0.3, -0.25) is 9.59 Å². The van der Waals surface area contributed by atoms with Crippen molar-refractivity contribution >= 4 is 24.0 Å². The van der Waals surface area contributed by atoms with Gasteiger partial charge in [-0.05, 0) is 136 Å². The molecule has 4 saturated carbocycles. The molecule has 111 heavy (non-hydrogen) atoms. The summed E-state index contributed by atoms with van der Waals surface area (Å²) in [5.74, 6) is -4.19. The Morgan fingerprint density at radius 2 is 1.15 bits per heavy atom. The summed E-state index contributed by atoms with van der Waals surface area (Å²) in [6, 6.07) is 3.11. The highest BCUT2D eigenvalue weighted by Crippen LogP contribution is 2.76. The van der Waals surface area contributed by atoms with Crippen molar-refractivity contribution in [2.75, 3.05) is 61.0 Å². The Morgan fingerprint density at radius 3 is 1.78 bits per heavy atom. The molecule has 0 aromatic heterocycles. The third-order valence-electron chi connectivity index (χ3n) is 26.9. The van der Waals surface area contributed by atoms with E-state index >= 15 is 4.79 Å². The van der Waals surface area contributed by atoms with Crippen LogP contribution in [0.4, 0.5) is 0 Å². The number of ether oxygens (including phenoxy) is 16. The van der Waals surface area contributed by atoms with E-state index in [0.717, 1.165) is 11.6 Å². The number of methoxy groups -OCH3 is 3. The van der Waals surface area contributed by atoms with E-state index in [4.69, 9.17) is 75.8 Å². The highest BCUT2D eigenvalue weighted by Gasteiger charge is 2.74. The van der Waals surface area contributed by atoms with Crippen LogP contribution in [-0.4, -0.2) is 337 Å². The average Bonchev–Trinajstić information content (AvgIpc) is 1.10. The number of benzene rings is 1. The molecule has 5 aliphatic carbocycles. The van der Waals surface area contributed by atoms with Gasteiger partial charge in [0.05, 0.1) is 90.1 Å². The van der Waals surface area contributed by atoms with E-state index in [1.54, 1.807) is 12.1 Å². The summed E-state index contributed by atoms with van der Waals surface area (Å²) in [7, 11) is 4.22. The standard InChI is InChI=1S/C75H112O36/c1-31-53(105-44(82)14-11-33-21-39(96-8)56(98-10)40(22-33)97-9)50(88)58(109-64-52(90)57(108-66-59(91)75(95,29-78)30-101-66)54(32(2)102-64)106-62-51(89)55(38(81)27-100-62)107-61-48(86)45(83)37(80)26-99-61)65(103-31)111-68(94)73-18-17-69(3,4)23-35(73)34-12-13-42-70(5)24-36(79)60(110-63-49(87)47(85)46(84)41(25-76)104-63)72(7,67(92)93)43(70)15-16-71(42,6)74(34,28-77)20-19-73/h11-12,14,21-22,31-32,35-38,41-43,45-55,57-66,76-81,83-91,95H,13,15-20,23-30H2,1-10H3,(H,92,93)/b14-11+/t31-,32-,35?,36?,37-,38-,41-,42?,43?,45-,46-,47-,48-,49-,50-,51-,52-,53+,54+,55-,57+,58-,59+,60?,61+,62+,63+,64+,65+,66+,70?,71?,72-,73?,74?,75?/m1/s1. The molecule has 1 aromatic carbocycles. The van der Waals surface area contributed by atoms with E-state index in [-0.39, 0.29) is 49.4 Å². The first-order chi connectivity index (χ1) is 52.3. The second-order valence-corrected chi connectivity index (χ2v) is 33.7. The average molecular weight is 1590 g/mol. The van der Waals surface area contributed by atoms with Crippen molar-refractivity contribution in [2.24, 2.45) is 50.2 Å². The van der Waals surface area contributed by atoms with Gasteiger partial charge < -0.3 is 163 Å². The molecule has 17 N–H and O–H groups in total. The largest absolute Gasteiger partial charge is 0.493 e. The maximum atomic E-state index is 16.2. The first-order valence-corrected chi connectivity index (χ1v) is 38.0. The summed E-state index contributed by atoms with van der Waals surface area (Å²) in [5.41, 5.74) is -7.77. The molecule has 628 valence electrons. The monoisotopic (exact) mass is 1590 g/mol. The summed E-state index contributed by atoms with van der Waals surface area (Å²) in [6.45, 7) is 8.42. The molecule has 6 aliphatic heterocycles. The highest BCUT2D eigenvalue weighted by atomic mass is 16.8. The second kappa shape index (κ2) is 32.7. The lowest BCUT2D eigenvalue weighted by atomic mass is 9.33. The summed E-state index contributed by atoms with van der Waals surface area (Å²) >= 11 is 0. The quantitative estimate of drug-likeness (QED) is 0.0236. The van der Waals surface area contributed by atoms with Crippen LogP contribution in [0.1, 0.15) is 112 Å². The Bertz CT molecular complexity index is 3480. The number of aliphatic hydroxyl groups is 16. The van der Waals surface area contributed by atoms with Crippen molar-refractivity contribution in [3.05, 3.63) is 35.4 Å². The molecule has 0 radical (unpaired) electrons. The third-order valence-corrected chi connectivity index (χ3v) is 26.9. The first-order valence-electron chi connectivity index (χ1n) is 38.0. The zero-order valence-electron chi connectivity index (χ0n) is 63.7. The molecule has 12 rings (SSSR count). The molecule has 6 heterocycles. The maximum absolute atomic E-state index is 16.2. The van der Waals surface area contributed by atoms with Crippen LogP contribution in [-0.2, 0) is 76.0 Å². The van der Waals surface area contributed by atoms with Crippen LogP contribution in [0.3, 0.4) is 0 Å². The smallest absolute Gasteiger partial charge is 0.331 e. The minimum atomic E-state index is -2.31. The Morgan fingerprint density at radius 1 is 0.559 bits per heavy atom. The molecular formula is C75H112O36. The Kier molecular flexibility index (Phi) is 25.3. The zero-order chi connectivity index (χ0) is 80.9. The van der Waals surface area contributed by atoms with E-state index in [1.807, 2.05) is 13.0 Å². The molecule has 10 unspecified atom stereocenters. The van der Waals surface area contributed by atoms with E-state index in [9.17, 15) is 96.4 Å². The number of aliphatic carboxylic acids is 1. The number of aliphatic hydroxyl groups excluding tert-OH is 15. The molecule has 10 fully saturated rings. The van der Waals surface area contributed by atoms with E-state index in [1.165, 1.54) is 48.2 Å². The van der Waals surface area contributed by atoms with Crippen molar-refractivity contribution in [2.45, 2.75) is 278 Å².